The molecule has 376 valence electrons. The number of hydrogen-bond donors (Lipinski definition) is 5. The lowest BCUT2D eigenvalue weighted by Gasteiger charge is -2.58. The summed E-state index contributed by atoms with van der Waals surface area (Å²) < 4.78 is 6.03. The maximum Gasteiger partial charge on any atom is 0.325 e. The van der Waals surface area contributed by atoms with E-state index in [1.54, 1.807) is 12.1 Å². The van der Waals surface area contributed by atoms with Crippen molar-refractivity contribution in [2.24, 2.45) is 58.0 Å². The largest absolute Gasteiger partial charge is 0.461 e. The average molecular weight is 944 g/mol. The second kappa shape index (κ2) is 22.7. The summed E-state index contributed by atoms with van der Waals surface area (Å²) in [6.45, 7) is 17.5. The minimum atomic E-state index is -1.26. The molecule has 1 saturated heterocycles. The Hall–Kier alpha value is -4.82. The number of aromatic nitrogens is 1. The standard InChI is InChI=1S/C53H81N7O8/c1-31(2)13-14-33(5)39-17-18-40-38-16-15-36-28-37(21-23-52(36,7)41(38)22-24-53(39,40)8)68-46(62)30-56-50(66)44-12-10-26-60(44)51(67)43(27-32(3)4)59-49(65)42(19-20-45(54)61)58-47(63)34(6)57-48(64)35-11-9-25-55-29-35/h9,11,15,25,29,31-34,37-44H,10,12-14,16-24,26-28,30H2,1-8H3,(H2,54,61)(H,56,66)(H,57,64)(H,58,63)(H,59,65)/t33-,34+,37-,38+,39-,40+,41+,42+,43+,44+,52+,53-/m1/s1. The van der Waals surface area contributed by atoms with Crippen molar-refractivity contribution in [3.63, 3.8) is 0 Å². The molecule has 6 N–H and O–H groups in total. The van der Waals surface area contributed by atoms with Crippen LogP contribution in [0.3, 0.4) is 0 Å². The Kier molecular flexibility index (Phi) is 17.6. The molecule has 15 nitrogen and oxygen atoms in total. The summed E-state index contributed by atoms with van der Waals surface area (Å²) in [6.07, 6.45) is 17.4. The van der Waals surface area contributed by atoms with Crippen LogP contribution in [0.25, 0.3) is 0 Å². The fourth-order valence-corrected chi connectivity index (χ4v) is 13.2. The van der Waals surface area contributed by atoms with Gasteiger partial charge < -0.3 is 36.6 Å². The molecule has 0 radical (unpaired) electrons. The third-order valence-electron chi connectivity index (χ3n) is 16.9. The van der Waals surface area contributed by atoms with E-state index in [2.05, 4.69) is 66.9 Å². The van der Waals surface area contributed by atoms with Gasteiger partial charge in [0.25, 0.3) is 5.91 Å². The van der Waals surface area contributed by atoms with Gasteiger partial charge in [-0.15, -0.1) is 0 Å². The van der Waals surface area contributed by atoms with Crippen molar-refractivity contribution in [2.75, 3.05) is 13.1 Å². The zero-order valence-electron chi connectivity index (χ0n) is 42.1. The van der Waals surface area contributed by atoms with Gasteiger partial charge in [-0.25, -0.2) is 0 Å². The zero-order valence-corrected chi connectivity index (χ0v) is 42.1. The molecule has 2 heterocycles. The highest BCUT2D eigenvalue weighted by Gasteiger charge is 2.59. The zero-order chi connectivity index (χ0) is 49.5. The van der Waals surface area contributed by atoms with Gasteiger partial charge in [-0.05, 0) is 142 Å². The van der Waals surface area contributed by atoms with E-state index in [1.165, 1.54) is 68.3 Å². The molecule has 4 aliphatic carbocycles. The summed E-state index contributed by atoms with van der Waals surface area (Å²) >= 11 is 0. The van der Waals surface area contributed by atoms with E-state index < -0.39 is 65.6 Å². The lowest BCUT2D eigenvalue weighted by molar-refractivity contribution is -0.152. The number of amides is 6. The van der Waals surface area contributed by atoms with Gasteiger partial charge in [0.05, 0.1) is 5.56 Å². The minimum absolute atomic E-state index is 0.0505. The fraction of sp³-hybridized carbons (Fsp3) is 0.736. The molecule has 0 aromatic carbocycles. The van der Waals surface area contributed by atoms with Crippen LogP contribution >= 0.6 is 0 Å². The van der Waals surface area contributed by atoms with E-state index >= 15 is 0 Å². The van der Waals surface area contributed by atoms with Crippen molar-refractivity contribution in [2.45, 2.75) is 182 Å². The van der Waals surface area contributed by atoms with Crippen LogP contribution in [0, 0.1) is 52.3 Å². The maximum atomic E-state index is 14.2. The predicted octanol–water partition coefficient (Wildman–Crippen LogP) is 6.15. The molecule has 15 heteroatoms. The number of esters is 1. The van der Waals surface area contributed by atoms with Gasteiger partial charge in [-0.2, -0.15) is 0 Å². The van der Waals surface area contributed by atoms with Crippen molar-refractivity contribution >= 4 is 41.4 Å². The number of allylic oxidation sites excluding steroid dienone is 1. The van der Waals surface area contributed by atoms with E-state index in [0.29, 0.717) is 30.1 Å². The highest BCUT2D eigenvalue weighted by atomic mass is 16.5. The number of ether oxygens (including phenoxy) is 1. The molecular formula is C53H81N7O8. The van der Waals surface area contributed by atoms with E-state index in [4.69, 9.17) is 10.5 Å². The summed E-state index contributed by atoms with van der Waals surface area (Å²) in [5.74, 6) is 0.345. The molecule has 3 saturated carbocycles. The summed E-state index contributed by atoms with van der Waals surface area (Å²) in [5.41, 5.74) is 7.62. The lowest BCUT2D eigenvalue weighted by atomic mass is 9.47. The second-order valence-electron chi connectivity index (χ2n) is 22.4. The highest BCUT2D eigenvalue weighted by Crippen LogP contribution is 2.67. The van der Waals surface area contributed by atoms with E-state index in [0.717, 1.165) is 49.4 Å². The number of nitrogens with two attached hydrogens (primary N) is 1. The van der Waals surface area contributed by atoms with Crippen molar-refractivity contribution in [3.8, 4) is 0 Å². The second-order valence-corrected chi connectivity index (χ2v) is 22.4. The third kappa shape index (κ3) is 12.3. The van der Waals surface area contributed by atoms with Gasteiger partial charge in [0.1, 0.15) is 36.8 Å². The number of likely N-dealkylation sites (tertiary alicyclic amines) is 1. The van der Waals surface area contributed by atoms with Crippen LogP contribution in [0.1, 0.15) is 162 Å². The minimum Gasteiger partial charge on any atom is -0.461 e. The Labute approximate surface area is 404 Å². The molecule has 6 rings (SSSR count). The summed E-state index contributed by atoms with van der Waals surface area (Å²) in [7, 11) is 0. The Balaban J connectivity index is 1.01. The Morgan fingerprint density at radius 1 is 0.853 bits per heavy atom. The summed E-state index contributed by atoms with van der Waals surface area (Å²) in [4.78, 5) is 98.1. The molecule has 0 bridgehead atoms. The Morgan fingerprint density at radius 2 is 1.60 bits per heavy atom. The van der Waals surface area contributed by atoms with Crippen LogP contribution in [-0.2, 0) is 33.5 Å². The average Bonchev–Trinajstić information content (AvgIpc) is 3.93. The first kappa shape index (κ1) is 52.5. The number of carbonyl (C=O) groups excluding carboxylic acids is 7. The molecule has 0 unspecified atom stereocenters. The first-order valence-electron chi connectivity index (χ1n) is 25.8. The molecule has 1 aliphatic heterocycles. The first-order chi connectivity index (χ1) is 32.2. The van der Waals surface area contributed by atoms with Gasteiger partial charge in [0.2, 0.25) is 29.5 Å². The topological polar surface area (TPSA) is 219 Å². The quantitative estimate of drug-likeness (QED) is 0.0747. The first-order valence-corrected chi connectivity index (χ1v) is 25.8. The number of fused-ring (bicyclic) bond motifs is 5. The monoisotopic (exact) mass is 944 g/mol. The van der Waals surface area contributed by atoms with Crippen LogP contribution in [0.5, 0.6) is 0 Å². The molecule has 6 amide bonds. The number of nitrogens with zero attached hydrogens (tertiary/aromatic N) is 2. The smallest absolute Gasteiger partial charge is 0.325 e. The van der Waals surface area contributed by atoms with Crippen LogP contribution in [0.15, 0.2) is 36.2 Å². The van der Waals surface area contributed by atoms with Gasteiger partial charge >= 0.3 is 5.97 Å². The lowest BCUT2D eigenvalue weighted by Crippen LogP contribution is -2.58. The van der Waals surface area contributed by atoms with Crippen molar-refractivity contribution in [3.05, 3.63) is 41.7 Å². The molecular weight excluding hydrogens is 863 g/mol. The van der Waals surface area contributed by atoms with Gasteiger partial charge in [-0.3, -0.25) is 38.5 Å². The summed E-state index contributed by atoms with van der Waals surface area (Å²) in [5, 5.41) is 10.7. The van der Waals surface area contributed by atoms with Crippen molar-refractivity contribution < 1.29 is 38.3 Å². The van der Waals surface area contributed by atoms with Gasteiger partial charge in [-0.1, -0.05) is 73.0 Å². The molecule has 1 aromatic rings. The Bertz CT molecular complexity index is 2030. The molecule has 0 spiro atoms. The van der Waals surface area contributed by atoms with Crippen LogP contribution < -0.4 is 27.0 Å². The Morgan fingerprint density at radius 3 is 2.29 bits per heavy atom. The van der Waals surface area contributed by atoms with E-state index in [9.17, 15) is 33.6 Å². The van der Waals surface area contributed by atoms with Gasteiger partial charge in [0.15, 0.2) is 0 Å². The highest BCUT2D eigenvalue weighted by molar-refractivity contribution is 5.99. The van der Waals surface area contributed by atoms with Crippen LogP contribution in [0.2, 0.25) is 0 Å². The number of carbonyl (C=O) groups is 7. The number of rotatable bonds is 20. The molecule has 5 aliphatic rings. The van der Waals surface area contributed by atoms with Crippen molar-refractivity contribution in [1.82, 2.24) is 31.2 Å². The van der Waals surface area contributed by atoms with E-state index in [-0.39, 0.29) is 55.4 Å². The number of pyridine rings is 1. The molecule has 68 heavy (non-hydrogen) atoms. The molecule has 1 aromatic heterocycles. The number of nitrogens with one attached hydrogen (secondary N) is 4. The van der Waals surface area contributed by atoms with E-state index in [1.807, 2.05) is 13.8 Å². The molecule has 12 atom stereocenters. The SMILES string of the molecule is CC(C)CC[C@@H](C)[C@H]1CC[C@H]2[C@@H]3CC=C4C[C@H](OC(=O)CNC(=O)[C@@H]5CCCN5C(=O)[C@H](CC(C)C)NC(=O)[C@H](CCC(N)=O)NC(=O)[C@H](C)NC(=O)c5cccnc5)CC[C@]4(C)[C@H]3CC[C@]12C. The predicted molar refractivity (Wildman–Crippen MR) is 259 cm³/mol. The number of primary amides is 1. The molecule has 4 fully saturated rings. The summed E-state index contributed by atoms with van der Waals surface area (Å²) in [6, 6.07) is -1.12. The van der Waals surface area contributed by atoms with Crippen LogP contribution in [0.4, 0.5) is 0 Å². The normalized spacial score (nSPS) is 29.3. The fourth-order valence-electron chi connectivity index (χ4n) is 13.2. The van der Waals surface area contributed by atoms with Crippen LogP contribution in [-0.4, -0.2) is 94.7 Å². The van der Waals surface area contributed by atoms with Crippen molar-refractivity contribution in [1.29, 1.82) is 0 Å². The third-order valence-corrected chi connectivity index (χ3v) is 16.9. The van der Waals surface area contributed by atoms with Gasteiger partial charge in [0, 0.05) is 31.8 Å². The number of hydrogen-bond acceptors (Lipinski definition) is 9. The maximum absolute atomic E-state index is 14.2.